The zero-order valence-corrected chi connectivity index (χ0v) is 12.0. The number of aromatic nitrogens is 3. The maximum Gasteiger partial charge on any atom is 0.332 e. The number of H-pyrrole nitrogens is 1. The molecular formula is C14H17N3O3. The first-order valence-electron chi connectivity index (χ1n) is 6.57. The average molecular weight is 275 g/mol. The van der Waals surface area contributed by atoms with Gasteiger partial charge in [0.05, 0.1) is 0 Å². The summed E-state index contributed by atoms with van der Waals surface area (Å²) >= 11 is 0. The van der Waals surface area contributed by atoms with Crippen LogP contribution in [0.25, 0.3) is 11.0 Å². The minimum absolute atomic E-state index is 0.000525. The van der Waals surface area contributed by atoms with Crippen molar-refractivity contribution in [1.29, 1.82) is 0 Å². The highest BCUT2D eigenvalue weighted by atomic mass is 16.2. The molecule has 0 fully saturated rings. The number of aromatic amines is 1. The van der Waals surface area contributed by atoms with Gasteiger partial charge in [0.25, 0.3) is 5.56 Å². The summed E-state index contributed by atoms with van der Waals surface area (Å²) in [6, 6.07) is 0. The molecular weight excluding hydrogens is 258 g/mol. The van der Waals surface area contributed by atoms with E-state index in [1.54, 1.807) is 7.05 Å². The number of fused-ring (bicyclic) bond motifs is 2. The lowest BCUT2D eigenvalue weighted by Gasteiger charge is -2.14. The van der Waals surface area contributed by atoms with Crippen LogP contribution in [0, 0.1) is 5.41 Å². The van der Waals surface area contributed by atoms with Crippen LogP contribution in [0.2, 0.25) is 0 Å². The second kappa shape index (κ2) is 3.71. The average Bonchev–Trinajstić information content (AvgIpc) is 2.68. The van der Waals surface area contributed by atoms with Crippen molar-refractivity contribution < 1.29 is 0 Å². The van der Waals surface area contributed by atoms with Gasteiger partial charge >= 0.3 is 5.69 Å². The molecule has 0 spiro atoms. The summed E-state index contributed by atoms with van der Waals surface area (Å²) in [4.78, 5) is 39.9. The molecule has 0 aliphatic heterocycles. The van der Waals surface area contributed by atoms with E-state index in [0.29, 0.717) is 17.6 Å². The van der Waals surface area contributed by atoms with Gasteiger partial charge in [0.1, 0.15) is 11.0 Å². The number of nitrogens with one attached hydrogen (secondary N) is 1. The second-order valence-electron chi connectivity index (χ2n) is 6.36. The summed E-state index contributed by atoms with van der Waals surface area (Å²) in [5.74, 6) is 0. The summed E-state index contributed by atoms with van der Waals surface area (Å²) in [7, 11) is 2.95. The third-order valence-corrected chi connectivity index (χ3v) is 4.11. The second-order valence-corrected chi connectivity index (χ2v) is 6.36. The Bertz CT molecular complexity index is 912. The fourth-order valence-corrected chi connectivity index (χ4v) is 3.06. The third kappa shape index (κ3) is 1.54. The van der Waals surface area contributed by atoms with Crippen LogP contribution in [0.15, 0.2) is 14.4 Å². The van der Waals surface area contributed by atoms with Crippen molar-refractivity contribution in [3.05, 3.63) is 42.3 Å². The first kappa shape index (κ1) is 12.9. The van der Waals surface area contributed by atoms with E-state index in [9.17, 15) is 14.4 Å². The largest absolute Gasteiger partial charge is 0.344 e. The van der Waals surface area contributed by atoms with Crippen molar-refractivity contribution >= 4 is 11.0 Å². The zero-order chi connectivity index (χ0) is 14.8. The Balaban J connectivity index is 2.56. The van der Waals surface area contributed by atoms with Gasteiger partial charge in [-0.25, -0.2) is 4.79 Å². The van der Waals surface area contributed by atoms with Gasteiger partial charge in [-0.2, -0.15) is 0 Å². The quantitative estimate of drug-likeness (QED) is 0.738. The van der Waals surface area contributed by atoms with Gasteiger partial charge in [-0.05, 0) is 18.3 Å². The van der Waals surface area contributed by atoms with E-state index in [1.807, 2.05) is 0 Å². The van der Waals surface area contributed by atoms with Gasteiger partial charge in [-0.1, -0.05) is 13.8 Å². The van der Waals surface area contributed by atoms with E-state index >= 15 is 0 Å². The molecule has 0 saturated heterocycles. The molecule has 0 atom stereocenters. The highest BCUT2D eigenvalue weighted by Gasteiger charge is 2.32. The molecule has 1 N–H and O–H groups in total. The van der Waals surface area contributed by atoms with Crippen LogP contribution in [0.1, 0.15) is 25.1 Å². The fraction of sp³-hybridized carbons (Fsp3) is 0.500. The van der Waals surface area contributed by atoms with Gasteiger partial charge in [0.2, 0.25) is 0 Å². The lowest BCUT2D eigenvalue weighted by atomic mass is 9.90. The minimum atomic E-state index is -0.531. The minimum Gasteiger partial charge on any atom is -0.344 e. The van der Waals surface area contributed by atoms with Crippen molar-refractivity contribution in [1.82, 2.24) is 14.1 Å². The van der Waals surface area contributed by atoms with Crippen LogP contribution >= 0.6 is 0 Å². The molecule has 0 amide bonds. The molecule has 2 aromatic heterocycles. The smallest absolute Gasteiger partial charge is 0.332 e. The Kier molecular flexibility index (Phi) is 2.39. The molecule has 0 unspecified atom stereocenters. The highest BCUT2D eigenvalue weighted by Crippen LogP contribution is 2.33. The van der Waals surface area contributed by atoms with Gasteiger partial charge in [-0.15, -0.1) is 0 Å². The molecule has 0 saturated carbocycles. The summed E-state index contributed by atoms with van der Waals surface area (Å²) in [5, 5.41) is 0.0750. The topological polar surface area (TPSA) is 76.9 Å². The predicted molar refractivity (Wildman–Crippen MR) is 76.2 cm³/mol. The lowest BCUT2D eigenvalue weighted by molar-refractivity contribution is 0.390. The maximum atomic E-state index is 12.6. The Labute approximate surface area is 114 Å². The van der Waals surface area contributed by atoms with E-state index in [4.69, 9.17) is 0 Å². The molecule has 0 aromatic carbocycles. The van der Waals surface area contributed by atoms with Gasteiger partial charge < -0.3 is 4.98 Å². The third-order valence-electron chi connectivity index (χ3n) is 4.11. The molecule has 6 nitrogen and oxygen atoms in total. The van der Waals surface area contributed by atoms with Gasteiger partial charge in [0, 0.05) is 25.4 Å². The van der Waals surface area contributed by atoms with Crippen LogP contribution in [0.4, 0.5) is 0 Å². The molecule has 0 bridgehead atoms. The number of rotatable bonds is 0. The Morgan fingerprint density at radius 3 is 2.35 bits per heavy atom. The van der Waals surface area contributed by atoms with E-state index in [2.05, 4.69) is 18.8 Å². The molecule has 20 heavy (non-hydrogen) atoms. The molecule has 2 heterocycles. The van der Waals surface area contributed by atoms with Crippen molar-refractivity contribution in [3.63, 3.8) is 0 Å². The zero-order valence-electron chi connectivity index (χ0n) is 12.0. The lowest BCUT2D eigenvalue weighted by Crippen LogP contribution is -2.40. The standard InChI is InChI=1S/C14H17N3O3/c1-14(2)5-7-8(6-14)15-11-9(10(7)18)12(19)17(4)13(20)16(11)3/h5-6H2,1-4H3,(H,15,18). The molecule has 1 aliphatic rings. The van der Waals surface area contributed by atoms with Crippen LogP contribution in [0.5, 0.6) is 0 Å². The molecule has 0 radical (unpaired) electrons. The van der Waals surface area contributed by atoms with E-state index in [0.717, 1.165) is 16.7 Å². The highest BCUT2D eigenvalue weighted by molar-refractivity contribution is 5.75. The van der Waals surface area contributed by atoms with Crippen LogP contribution in [-0.2, 0) is 26.9 Å². The molecule has 1 aliphatic carbocycles. The maximum absolute atomic E-state index is 12.6. The summed E-state index contributed by atoms with van der Waals surface area (Å²) in [6.45, 7) is 4.17. The summed E-state index contributed by atoms with van der Waals surface area (Å²) < 4.78 is 2.30. The molecule has 6 heteroatoms. The summed E-state index contributed by atoms with van der Waals surface area (Å²) in [6.07, 6.45) is 1.40. The number of aryl methyl sites for hydroxylation is 1. The molecule has 106 valence electrons. The van der Waals surface area contributed by atoms with E-state index < -0.39 is 11.2 Å². The van der Waals surface area contributed by atoms with E-state index in [-0.39, 0.29) is 16.2 Å². The normalized spacial score (nSPS) is 16.6. The Hall–Kier alpha value is -2.11. The first-order valence-corrected chi connectivity index (χ1v) is 6.57. The van der Waals surface area contributed by atoms with Crippen molar-refractivity contribution in [3.8, 4) is 0 Å². The number of hydrogen-bond donors (Lipinski definition) is 1. The van der Waals surface area contributed by atoms with E-state index in [1.165, 1.54) is 11.6 Å². The van der Waals surface area contributed by atoms with Crippen LogP contribution in [-0.4, -0.2) is 14.1 Å². The Morgan fingerprint density at radius 2 is 1.70 bits per heavy atom. The molecule has 3 rings (SSSR count). The number of pyridine rings is 1. The Morgan fingerprint density at radius 1 is 1.05 bits per heavy atom. The predicted octanol–water partition coefficient (Wildman–Crippen LogP) is 0.0503. The van der Waals surface area contributed by atoms with Crippen molar-refractivity contribution in [2.75, 3.05) is 0 Å². The molecule has 2 aromatic rings. The SMILES string of the molecule is Cn1c(=O)c2c(=O)c3c([nH]c2n(C)c1=O)CC(C)(C)C3. The van der Waals surface area contributed by atoms with Crippen LogP contribution in [0.3, 0.4) is 0 Å². The van der Waals surface area contributed by atoms with Crippen LogP contribution < -0.4 is 16.7 Å². The van der Waals surface area contributed by atoms with Gasteiger partial charge in [-0.3, -0.25) is 18.7 Å². The summed E-state index contributed by atoms with van der Waals surface area (Å²) in [5.41, 5.74) is 0.635. The first-order chi connectivity index (χ1) is 9.23. The number of nitrogens with zero attached hydrogens (tertiary/aromatic N) is 2. The fourth-order valence-electron chi connectivity index (χ4n) is 3.06. The van der Waals surface area contributed by atoms with Crippen molar-refractivity contribution in [2.45, 2.75) is 26.7 Å². The van der Waals surface area contributed by atoms with Gasteiger partial charge in [0.15, 0.2) is 5.43 Å². The monoisotopic (exact) mass is 275 g/mol. The number of hydrogen-bond acceptors (Lipinski definition) is 3. The van der Waals surface area contributed by atoms with Crippen molar-refractivity contribution in [2.24, 2.45) is 19.5 Å².